The molecule has 2 aromatic carbocycles. The number of hydrogen-bond acceptors (Lipinski definition) is 13. The zero-order chi connectivity index (χ0) is 50.1. The first kappa shape index (κ1) is 49.4. The van der Waals surface area contributed by atoms with Crippen molar-refractivity contribution < 1.29 is 38.3 Å². The van der Waals surface area contributed by atoms with E-state index in [4.69, 9.17) is 14.9 Å². The van der Waals surface area contributed by atoms with E-state index >= 15 is 0 Å². The number of rotatable bonds is 6. The lowest BCUT2D eigenvalue weighted by molar-refractivity contribution is -0.138. The van der Waals surface area contributed by atoms with E-state index in [0.29, 0.717) is 63.5 Å². The normalized spacial score (nSPS) is 22.1. The Kier molecular flexibility index (Phi) is 14.4. The molecule has 20 heteroatoms. The molecular weight excluding hydrogens is 909 g/mol. The highest BCUT2D eigenvalue weighted by atomic mass is 16.6. The van der Waals surface area contributed by atoms with Gasteiger partial charge in [-0.1, -0.05) is 24.3 Å². The number of imide groups is 2. The number of aryl methyl sites for hydroxylation is 2. The maximum absolute atomic E-state index is 13.3. The number of amides is 7. The number of piperazine rings is 2. The van der Waals surface area contributed by atoms with Crippen LogP contribution in [-0.4, -0.2) is 160 Å². The number of anilines is 2. The summed E-state index contributed by atoms with van der Waals surface area (Å²) in [4.78, 5) is 96.9. The van der Waals surface area contributed by atoms with Gasteiger partial charge in [-0.25, -0.2) is 4.79 Å². The molecule has 0 aliphatic carbocycles. The van der Waals surface area contributed by atoms with Gasteiger partial charge in [0, 0.05) is 128 Å². The predicted octanol–water partition coefficient (Wildman–Crippen LogP) is 3.13. The van der Waals surface area contributed by atoms with Crippen LogP contribution < -0.4 is 25.8 Å². The summed E-state index contributed by atoms with van der Waals surface area (Å²) in [6.45, 7) is 14.0. The average molecular weight is 977 g/mol. The number of hydrogen-bond donors (Lipinski definition) is 3. The molecule has 380 valence electrons. The van der Waals surface area contributed by atoms with Crippen molar-refractivity contribution in [2.75, 3.05) is 88.3 Å². The summed E-state index contributed by atoms with van der Waals surface area (Å²) in [5.41, 5.74) is 4.99. The molecule has 0 radical (unpaired) electrons. The number of carbonyl (C=O) groups is 7. The molecule has 0 bridgehead atoms. The van der Waals surface area contributed by atoms with Crippen LogP contribution in [0, 0.1) is 11.8 Å². The molecule has 0 spiro atoms. The van der Waals surface area contributed by atoms with E-state index in [9.17, 15) is 33.6 Å². The highest BCUT2D eigenvalue weighted by Crippen LogP contribution is 2.38. The Balaban J connectivity index is 0.000000179. The van der Waals surface area contributed by atoms with Crippen LogP contribution in [0.1, 0.15) is 95.4 Å². The minimum absolute atomic E-state index is 0.0425. The average Bonchev–Trinajstić information content (AvgIpc) is 3.89. The summed E-state index contributed by atoms with van der Waals surface area (Å²) in [6, 6.07) is 12.1. The summed E-state index contributed by atoms with van der Waals surface area (Å²) < 4.78 is 9.14. The van der Waals surface area contributed by atoms with Gasteiger partial charge < -0.3 is 34.6 Å². The fourth-order valence-electron chi connectivity index (χ4n) is 11.2. The van der Waals surface area contributed by atoms with E-state index in [0.717, 1.165) is 117 Å². The number of para-hydroxylation sites is 2. The predicted molar refractivity (Wildman–Crippen MR) is 265 cm³/mol. The minimum atomic E-state index is -0.537. The van der Waals surface area contributed by atoms with E-state index < -0.39 is 17.4 Å². The second kappa shape index (κ2) is 20.6. The van der Waals surface area contributed by atoms with Crippen LogP contribution in [0.2, 0.25) is 0 Å². The molecule has 20 nitrogen and oxygen atoms in total. The fourth-order valence-corrected chi connectivity index (χ4v) is 11.2. The van der Waals surface area contributed by atoms with Gasteiger partial charge in [0.1, 0.15) is 5.60 Å². The highest BCUT2D eigenvalue weighted by molar-refractivity contribution is 6.05. The summed E-state index contributed by atoms with van der Waals surface area (Å²) in [6.07, 6.45) is 4.45. The Morgan fingerprint density at radius 3 is 1.38 bits per heavy atom. The Bertz CT molecular complexity index is 2700. The molecule has 10 rings (SSSR count). The lowest BCUT2D eigenvalue weighted by Crippen LogP contribution is -2.53. The third-order valence-corrected chi connectivity index (χ3v) is 14.9. The van der Waals surface area contributed by atoms with Crippen LogP contribution >= 0.6 is 0 Å². The van der Waals surface area contributed by atoms with Crippen molar-refractivity contribution in [3.05, 3.63) is 47.8 Å². The van der Waals surface area contributed by atoms with Gasteiger partial charge in [0.25, 0.3) is 0 Å². The van der Waals surface area contributed by atoms with Crippen LogP contribution in [0.5, 0.6) is 0 Å². The second-order valence-corrected chi connectivity index (χ2v) is 20.8. The Morgan fingerprint density at radius 1 is 0.563 bits per heavy atom. The molecule has 8 heterocycles. The van der Waals surface area contributed by atoms with Crippen LogP contribution in [0.4, 0.5) is 16.2 Å². The van der Waals surface area contributed by atoms with E-state index in [1.165, 1.54) is 0 Å². The van der Waals surface area contributed by atoms with Gasteiger partial charge in [0.15, 0.2) is 0 Å². The smallest absolute Gasteiger partial charge is 0.410 e. The number of carbonyl (C=O) groups excluding carboxylic acids is 7. The van der Waals surface area contributed by atoms with Crippen LogP contribution in [0.3, 0.4) is 0 Å². The maximum atomic E-state index is 13.3. The largest absolute Gasteiger partial charge is 0.444 e. The number of aromatic nitrogens is 4. The van der Waals surface area contributed by atoms with Gasteiger partial charge in [0.2, 0.25) is 35.4 Å². The standard InChI is InChI=1S/C28H38N6O5.C23H30N6O3/c1-28(2,3)39-27(38)34-16-14-33(15-17-34)26(37)18-10-12-32(13-11-18)21-7-5-6-19-23(30-31(4)24(19)21)20-8-9-22(35)29-25(20)36;1-27-21-16(20(26-27)17-5-6-19(30)25-22(17)31)3-2-4-18(21)28-11-7-15(8-12-28)23(32)29-13-9-24-10-14-29/h5-7,18,20H,8-17H2,1-4H3,(H,29,35,36);2-4,15,17,24H,5-14H2,1H3,(H,25,30,31). The van der Waals surface area contributed by atoms with Gasteiger partial charge in [-0.3, -0.25) is 48.8 Å². The molecule has 2 atom stereocenters. The molecule has 2 aromatic heterocycles. The van der Waals surface area contributed by atoms with Gasteiger partial charge in [-0.15, -0.1) is 0 Å². The number of nitrogens with zero attached hydrogens (tertiary/aromatic N) is 9. The highest BCUT2D eigenvalue weighted by Gasteiger charge is 2.37. The zero-order valence-corrected chi connectivity index (χ0v) is 41.7. The number of piperidine rings is 4. The maximum Gasteiger partial charge on any atom is 0.410 e. The van der Waals surface area contributed by atoms with Crippen molar-refractivity contribution in [3.8, 4) is 0 Å². The molecule has 6 aliphatic heterocycles. The van der Waals surface area contributed by atoms with Gasteiger partial charge in [0.05, 0.1) is 45.6 Å². The van der Waals surface area contributed by atoms with Crippen molar-refractivity contribution in [1.29, 1.82) is 0 Å². The number of nitrogens with one attached hydrogen (secondary N) is 3. The Labute approximate surface area is 413 Å². The minimum Gasteiger partial charge on any atom is -0.444 e. The molecule has 4 aromatic rings. The van der Waals surface area contributed by atoms with Crippen molar-refractivity contribution in [1.82, 2.24) is 50.2 Å². The summed E-state index contributed by atoms with van der Waals surface area (Å²) in [7, 11) is 3.79. The van der Waals surface area contributed by atoms with E-state index in [-0.39, 0.29) is 47.5 Å². The fraction of sp³-hybridized carbons (Fsp3) is 0.588. The van der Waals surface area contributed by atoms with E-state index in [1.54, 1.807) is 4.90 Å². The van der Waals surface area contributed by atoms with Crippen molar-refractivity contribution in [3.63, 3.8) is 0 Å². The van der Waals surface area contributed by atoms with E-state index in [1.807, 2.05) is 78.3 Å². The molecule has 7 amide bonds. The van der Waals surface area contributed by atoms with E-state index in [2.05, 4.69) is 37.9 Å². The quantitative estimate of drug-likeness (QED) is 0.237. The molecule has 2 unspecified atom stereocenters. The third-order valence-electron chi connectivity index (χ3n) is 14.9. The first-order chi connectivity index (χ1) is 34.0. The van der Waals surface area contributed by atoms with Crippen LogP contribution in [-0.2, 0) is 47.6 Å². The Morgan fingerprint density at radius 2 is 0.972 bits per heavy atom. The van der Waals surface area contributed by atoms with Gasteiger partial charge >= 0.3 is 6.09 Å². The van der Waals surface area contributed by atoms with Crippen molar-refractivity contribution in [2.45, 2.75) is 89.6 Å². The first-order valence-corrected chi connectivity index (χ1v) is 25.4. The molecular formula is C51H68N12O8. The van der Waals surface area contributed by atoms with Crippen LogP contribution in [0.25, 0.3) is 21.8 Å². The third kappa shape index (κ3) is 10.6. The zero-order valence-electron chi connectivity index (χ0n) is 41.7. The summed E-state index contributed by atoms with van der Waals surface area (Å²) >= 11 is 0. The number of benzene rings is 2. The summed E-state index contributed by atoms with van der Waals surface area (Å²) in [5, 5.41) is 19.5. The molecule has 71 heavy (non-hydrogen) atoms. The second-order valence-electron chi connectivity index (χ2n) is 20.8. The monoisotopic (exact) mass is 977 g/mol. The SMILES string of the molecule is Cn1nc(C2CCC(=O)NC2=O)c2cccc(N3CCC(C(=O)N4CCN(C(=O)OC(C)(C)C)CC4)CC3)c21.Cn1nc(C2CCC(=O)NC2=O)c2cccc(N3CCC(C(=O)N4CCNCC4)CC3)c21. The van der Waals surface area contributed by atoms with Crippen molar-refractivity contribution >= 4 is 74.7 Å². The molecule has 3 N–H and O–H groups in total. The molecule has 0 saturated carbocycles. The molecule has 6 saturated heterocycles. The van der Waals surface area contributed by atoms with Gasteiger partial charge in [-0.2, -0.15) is 10.2 Å². The molecule has 6 aliphatic rings. The molecule has 6 fully saturated rings. The van der Waals surface area contributed by atoms with Crippen molar-refractivity contribution in [2.24, 2.45) is 25.9 Å². The van der Waals surface area contributed by atoms with Crippen LogP contribution in [0.15, 0.2) is 36.4 Å². The summed E-state index contributed by atoms with van der Waals surface area (Å²) in [5.74, 6) is -1.35. The first-order valence-electron chi connectivity index (χ1n) is 25.4. The lowest BCUT2D eigenvalue weighted by atomic mass is 9.92. The van der Waals surface area contributed by atoms with Gasteiger partial charge in [-0.05, 0) is 71.4 Å². The number of ether oxygens (including phenoxy) is 1. The topological polar surface area (TPSA) is 217 Å². The Hall–Kier alpha value is -6.57. The number of fused-ring (bicyclic) bond motifs is 2. The lowest BCUT2D eigenvalue weighted by Gasteiger charge is -2.39.